The molecule has 1 amide bonds. The number of amides is 1. The number of ether oxygens (including phenoxy) is 1. The molecule has 1 saturated heterocycles. The molecular weight excluding hydrogens is 435 g/mol. The molecule has 1 aliphatic rings. The summed E-state index contributed by atoms with van der Waals surface area (Å²) >= 11 is 0. The van der Waals surface area contributed by atoms with E-state index in [2.05, 4.69) is 4.98 Å². The summed E-state index contributed by atoms with van der Waals surface area (Å²) in [5.74, 6) is -1.95. The first-order valence-corrected chi connectivity index (χ1v) is 11.1. The van der Waals surface area contributed by atoms with Crippen LogP contribution in [-0.4, -0.2) is 33.3 Å². The number of hydrogen-bond donors (Lipinski definition) is 1. The predicted molar refractivity (Wildman–Crippen MR) is 125 cm³/mol. The van der Waals surface area contributed by atoms with Crippen LogP contribution in [0.2, 0.25) is 0 Å². The van der Waals surface area contributed by atoms with Crippen LogP contribution in [0.25, 0.3) is 5.76 Å². The highest BCUT2D eigenvalue weighted by Gasteiger charge is 2.47. The lowest BCUT2D eigenvalue weighted by molar-refractivity contribution is -0.140. The zero-order valence-electron chi connectivity index (χ0n) is 19.0. The van der Waals surface area contributed by atoms with Gasteiger partial charge in [-0.15, -0.1) is 0 Å². The van der Waals surface area contributed by atoms with Gasteiger partial charge in [0.15, 0.2) is 0 Å². The van der Waals surface area contributed by atoms with Gasteiger partial charge in [0.05, 0.1) is 18.2 Å². The van der Waals surface area contributed by atoms with Crippen LogP contribution in [0.4, 0.5) is 4.39 Å². The van der Waals surface area contributed by atoms with Gasteiger partial charge >= 0.3 is 0 Å². The normalized spacial score (nSPS) is 17.3. The molecule has 7 heteroatoms. The average molecular weight is 461 g/mol. The Morgan fingerprint density at radius 3 is 2.62 bits per heavy atom. The second-order valence-electron chi connectivity index (χ2n) is 8.13. The lowest BCUT2D eigenvalue weighted by Crippen LogP contribution is -2.29. The first kappa shape index (κ1) is 23.2. The van der Waals surface area contributed by atoms with E-state index in [1.807, 2.05) is 6.92 Å². The molecule has 0 bridgehead atoms. The Morgan fingerprint density at radius 2 is 1.94 bits per heavy atom. The van der Waals surface area contributed by atoms with E-state index in [-0.39, 0.29) is 23.4 Å². The van der Waals surface area contributed by atoms with Crippen LogP contribution in [0.3, 0.4) is 0 Å². The minimum absolute atomic E-state index is 0.0387. The zero-order chi connectivity index (χ0) is 24.2. The van der Waals surface area contributed by atoms with E-state index in [9.17, 15) is 19.1 Å². The zero-order valence-corrected chi connectivity index (χ0v) is 19.0. The second kappa shape index (κ2) is 9.87. The third kappa shape index (κ3) is 4.41. The molecule has 6 nitrogen and oxygen atoms in total. The van der Waals surface area contributed by atoms with Gasteiger partial charge in [-0.25, -0.2) is 4.39 Å². The molecule has 1 aliphatic heterocycles. The molecule has 0 saturated carbocycles. The fourth-order valence-corrected chi connectivity index (χ4v) is 4.11. The number of aliphatic hydroxyl groups excluding tert-OH is 1. The molecule has 1 N–H and O–H groups in total. The first-order chi connectivity index (χ1) is 16.4. The number of carbonyl (C=O) groups is 2. The second-order valence-corrected chi connectivity index (χ2v) is 8.13. The van der Waals surface area contributed by atoms with Gasteiger partial charge in [0.1, 0.15) is 17.3 Å². The summed E-state index contributed by atoms with van der Waals surface area (Å²) in [6, 6.07) is 13.4. The van der Waals surface area contributed by atoms with Gasteiger partial charge in [0.25, 0.3) is 11.7 Å². The molecule has 0 radical (unpaired) electrons. The number of likely N-dealkylation sites (tertiary alicyclic amines) is 1. The van der Waals surface area contributed by atoms with Crippen molar-refractivity contribution in [2.45, 2.75) is 32.9 Å². The van der Waals surface area contributed by atoms with E-state index in [1.54, 1.807) is 55.7 Å². The van der Waals surface area contributed by atoms with Crippen LogP contribution in [0, 0.1) is 12.7 Å². The number of Topliss-reactive ketones (excluding diaryl/α,β-unsaturated/α-hetero) is 1. The standard InChI is InChI=1S/C27H25FN2O4/c1-3-13-34-19-10-11-20(17(2)14-19)25(31)23-24(21-8-4-5-9-22(21)28)30(27(33)26(23)32)16-18-7-6-12-29-15-18/h4-12,14-15,24,31H,3,13,16H2,1-2H3/b25-23+. The van der Waals surface area contributed by atoms with Gasteiger partial charge in [0.2, 0.25) is 0 Å². The number of benzene rings is 2. The number of pyridine rings is 1. The van der Waals surface area contributed by atoms with Gasteiger partial charge in [0, 0.05) is 30.1 Å². The minimum Gasteiger partial charge on any atom is -0.507 e. The maximum absolute atomic E-state index is 14.9. The molecule has 34 heavy (non-hydrogen) atoms. The number of aliphatic hydroxyl groups is 1. The molecule has 174 valence electrons. The number of halogens is 1. The number of hydrogen-bond acceptors (Lipinski definition) is 5. The molecule has 1 atom stereocenters. The molecule has 0 spiro atoms. The van der Waals surface area contributed by atoms with Crippen molar-refractivity contribution in [2.24, 2.45) is 0 Å². The Labute approximate surface area is 197 Å². The average Bonchev–Trinajstić information content (AvgIpc) is 3.08. The molecule has 1 fully saturated rings. The number of aryl methyl sites for hydroxylation is 1. The van der Waals surface area contributed by atoms with Gasteiger partial charge in [-0.05, 0) is 54.8 Å². The number of ketones is 1. The van der Waals surface area contributed by atoms with E-state index in [0.29, 0.717) is 29.0 Å². The van der Waals surface area contributed by atoms with Crippen LogP contribution in [0.1, 0.15) is 41.6 Å². The molecular formula is C27H25FN2O4. The van der Waals surface area contributed by atoms with Crippen LogP contribution in [0.15, 0.2) is 72.6 Å². The summed E-state index contributed by atoms with van der Waals surface area (Å²) in [6.07, 6.45) is 4.03. The maximum Gasteiger partial charge on any atom is 0.295 e. The highest BCUT2D eigenvalue weighted by atomic mass is 19.1. The van der Waals surface area contributed by atoms with Crippen molar-refractivity contribution in [1.82, 2.24) is 9.88 Å². The Bertz CT molecular complexity index is 1260. The Morgan fingerprint density at radius 1 is 1.15 bits per heavy atom. The summed E-state index contributed by atoms with van der Waals surface area (Å²) in [5.41, 5.74) is 1.71. The van der Waals surface area contributed by atoms with Crippen molar-refractivity contribution in [3.63, 3.8) is 0 Å². The highest BCUT2D eigenvalue weighted by molar-refractivity contribution is 6.46. The molecule has 3 aromatic rings. The molecule has 1 aromatic heterocycles. The van der Waals surface area contributed by atoms with Gasteiger partial charge < -0.3 is 14.7 Å². The van der Waals surface area contributed by atoms with Crippen molar-refractivity contribution in [3.05, 3.63) is 101 Å². The quantitative estimate of drug-likeness (QED) is 0.307. The van der Waals surface area contributed by atoms with Crippen LogP contribution in [-0.2, 0) is 16.1 Å². The molecule has 2 aromatic carbocycles. The summed E-state index contributed by atoms with van der Waals surface area (Å²) < 4.78 is 20.6. The Kier molecular flexibility index (Phi) is 6.72. The van der Waals surface area contributed by atoms with E-state index < -0.39 is 23.5 Å². The van der Waals surface area contributed by atoms with Gasteiger partial charge in [-0.1, -0.05) is 31.2 Å². The summed E-state index contributed by atoms with van der Waals surface area (Å²) in [6.45, 7) is 4.37. The van der Waals surface area contributed by atoms with Crippen LogP contribution in [0.5, 0.6) is 5.75 Å². The third-order valence-corrected chi connectivity index (χ3v) is 5.74. The van der Waals surface area contributed by atoms with E-state index >= 15 is 0 Å². The van der Waals surface area contributed by atoms with Crippen molar-refractivity contribution in [1.29, 1.82) is 0 Å². The molecule has 0 aliphatic carbocycles. The van der Waals surface area contributed by atoms with Crippen LogP contribution >= 0.6 is 0 Å². The molecule has 2 heterocycles. The van der Waals surface area contributed by atoms with Gasteiger partial charge in [-0.2, -0.15) is 0 Å². The number of carbonyl (C=O) groups excluding carboxylic acids is 2. The fraction of sp³-hybridized carbons (Fsp3) is 0.222. The molecule has 1 unspecified atom stereocenters. The van der Waals surface area contributed by atoms with Crippen molar-refractivity contribution in [2.75, 3.05) is 6.61 Å². The summed E-state index contributed by atoms with van der Waals surface area (Å²) in [4.78, 5) is 31.6. The van der Waals surface area contributed by atoms with Crippen molar-refractivity contribution in [3.8, 4) is 5.75 Å². The number of rotatable bonds is 7. The van der Waals surface area contributed by atoms with Gasteiger partial charge in [-0.3, -0.25) is 14.6 Å². The summed E-state index contributed by atoms with van der Waals surface area (Å²) in [5, 5.41) is 11.3. The maximum atomic E-state index is 14.9. The summed E-state index contributed by atoms with van der Waals surface area (Å²) in [7, 11) is 0. The monoisotopic (exact) mass is 460 g/mol. The van der Waals surface area contributed by atoms with Crippen molar-refractivity contribution < 1.29 is 23.8 Å². The molecule has 4 rings (SSSR count). The SMILES string of the molecule is CCCOc1ccc(/C(O)=C2\C(=O)C(=O)N(Cc3cccnc3)C2c2ccccc2F)c(C)c1. The highest BCUT2D eigenvalue weighted by Crippen LogP contribution is 2.41. The topological polar surface area (TPSA) is 79.7 Å². The number of aromatic nitrogens is 1. The Balaban J connectivity index is 1.84. The Hall–Kier alpha value is -4.00. The lowest BCUT2D eigenvalue weighted by atomic mass is 9.93. The van der Waals surface area contributed by atoms with E-state index in [0.717, 1.165) is 6.42 Å². The fourth-order valence-electron chi connectivity index (χ4n) is 4.11. The lowest BCUT2D eigenvalue weighted by Gasteiger charge is -2.25. The largest absolute Gasteiger partial charge is 0.507 e. The van der Waals surface area contributed by atoms with E-state index in [1.165, 1.54) is 23.1 Å². The van der Waals surface area contributed by atoms with Crippen molar-refractivity contribution >= 4 is 17.4 Å². The minimum atomic E-state index is -1.09. The smallest absolute Gasteiger partial charge is 0.295 e. The number of nitrogens with zero attached hydrogens (tertiary/aromatic N) is 2. The van der Waals surface area contributed by atoms with E-state index in [4.69, 9.17) is 4.74 Å². The first-order valence-electron chi connectivity index (χ1n) is 11.1. The predicted octanol–water partition coefficient (Wildman–Crippen LogP) is 4.94. The third-order valence-electron chi connectivity index (χ3n) is 5.74. The van der Waals surface area contributed by atoms with Crippen LogP contribution < -0.4 is 4.74 Å².